The fraction of sp³-hybridized carbons (Fsp3) is 0.0833. The number of hydrogen-bond acceptors (Lipinski definition) is 6. The molecule has 3 aromatic rings. The Bertz CT molecular complexity index is 647. The van der Waals surface area contributed by atoms with Crippen LogP contribution in [0, 0.1) is 0 Å². The Hall–Kier alpha value is -1.89. The van der Waals surface area contributed by atoms with Crippen LogP contribution in [0.25, 0.3) is 10.8 Å². The number of nitrogens with one attached hydrogen (secondary N) is 1. The molecule has 0 aliphatic carbocycles. The van der Waals surface area contributed by atoms with Crippen molar-refractivity contribution in [3.8, 4) is 0 Å². The highest BCUT2D eigenvalue weighted by molar-refractivity contribution is 7.05. The number of fused-ring (bicyclic) bond motifs is 1. The highest BCUT2D eigenvalue weighted by atomic mass is 32.1. The lowest BCUT2D eigenvalue weighted by molar-refractivity contribution is 0.649. The predicted molar refractivity (Wildman–Crippen MR) is 70.8 cm³/mol. The third kappa shape index (κ3) is 1.86. The fourth-order valence-electron chi connectivity index (χ4n) is 2.02. The second kappa shape index (κ2) is 4.77. The molecule has 0 aliphatic rings. The van der Waals surface area contributed by atoms with Crippen molar-refractivity contribution in [1.29, 1.82) is 0 Å². The first kappa shape index (κ1) is 11.2. The van der Waals surface area contributed by atoms with Crippen molar-refractivity contribution in [2.24, 2.45) is 5.84 Å². The van der Waals surface area contributed by atoms with E-state index in [1.165, 1.54) is 11.5 Å². The molecule has 0 saturated carbocycles. The normalized spacial score (nSPS) is 12.7. The minimum Gasteiger partial charge on any atom is -0.271 e. The Morgan fingerprint density at radius 2 is 2.17 bits per heavy atom. The molecule has 0 radical (unpaired) electrons. The first-order valence-corrected chi connectivity index (χ1v) is 6.23. The molecule has 0 bridgehead atoms. The smallest absolute Gasteiger partial charge is 0.0841 e. The summed E-state index contributed by atoms with van der Waals surface area (Å²) in [6.45, 7) is 0. The quantitative estimate of drug-likeness (QED) is 0.551. The van der Waals surface area contributed by atoms with Crippen LogP contribution in [0.5, 0.6) is 0 Å². The van der Waals surface area contributed by atoms with Gasteiger partial charge >= 0.3 is 0 Å². The number of rotatable bonds is 3. The van der Waals surface area contributed by atoms with E-state index in [4.69, 9.17) is 5.84 Å². The maximum Gasteiger partial charge on any atom is 0.0841 e. The number of aromatic nitrogens is 3. The van der Waals surface area contributed by atoms with Crippen LogP contribution in [0.3, 0.4) is 0 Å². The summed E-state index contributed by atoms with van der Waals surface area (Å²) in [7, 11) is 0. The lowest BCUT2D eigenvalue weighted by Gasteiger charge is -2.15. The third-order valence-corrected chi connectivity index (χ3v) is 3.59. The second-order valence-electron chi connectivity index (χ2n) is 3.86. The summed E-state index contributed by atoms with van der Waals surface area (Å²) in [4.78, 5) is 5.16. The van der Waals surface area contributed by atoms with Gasteiger partial charge < -0.3 is 0 Å². The molecule has 2 aromatic heterocycles. The van der Waals surface area contributed by atoms with Crippen LogP contribution in [0.2, 0.25) is 0 Å². The maximum atomic E-state index is 5.67. The van der Waals surface area contributed by atoms with E-state index in [9.17, 15) is 0 Å². The van der Waals surface area contributed by atoms with Gasteiger partial charge in [-0.05, 0) is 28.5 Å². The van der Waals surface area contributed by atoms with E-state index in [1.807, 2.05) is 24.4 Å². The predicted octanol–water partition coefficient (Wildman–Crippen LogP) is 1.64. The SMILES string of the molecule is NNC(c1cnns1)c1cccc2ccncc12. The molecule has 3 N–H and O–H groups in total. The van der Waals surface area contributed by atoms with Gasteiger partial charge in [0.1, 0.15) is 0 Å². The van der Waals surface area contributed by atoms with Crippen molar-refractivity contribution in [3.63, 3.8) is 0 Å². The summed E-state index contributed by atoms with van der Waals surface area (Å²) in [5.41, 5.74) is 3.89. The molecule has 6 heteroatoms. The van der Waals surface area contributed by atoms with Crippen molar-refractivity contribution < 1.29 is 0 Å². The first-order valence-electron chi connectivity index (χ1n) is 5.46. The Morgan fingerprint density at radius 1 is 1.22 bits per heavy atom. The molecular weight excluding hydrogens is 246 g/mol. The molecule has 0 saturated heterocycles. The van der Waals surface area contributed by atoms with Crippen molar-refractivity contribution in [3.05, 3.63) is 53.3 Å². The van der Waals surface area contributed by atoms with Gasteiger partial charge in [-0.15, -0.1) is 5.10 Å². The van der Waals surface area contributed by atoms with E-state index in [2.05, 4.69) is 26.1 Å². The van der Waals surface area contributed by atoms with E-state index in [0.717, 1.165) is 21.2 Å². The Labute approximate surface area is 108 Å². The molecule has 0 fully saturated rings. The van der Waals surface area contributed by atoms with Gasteiger partial charge in [0.25, 0.3) is 0 Å². The van der Waals surface area contributed by atoms with E-state index in [0.29, 0.717) is 0 Å². The summed E-state index contributed by atoms with van der Waals surface area (Å²) < 4.78 is 3.88. The van der Waals surface area contributed by atoms with Crippen molar-refractivity contribution in [1.82, 2.24) is 20.0 Å². The highest BCUT2D eigenvalue weighted by Gasteiger charge is 2.17. The second-order valence-corrected chi connectivity index (χ2v) is 4.68. The molecule has 2 heterocycles. The molecule has 0 amide bonds. The van der Waals surface area contributed by atoms with Crippen molar-refractivity contribution in [2.45, 2.75) is 6.04 Å². The van der Waals surface area contributed by atoms with Crippen molar-refractivity contribution >= 4 is 22.3 Å². The number of nitrogens with zero attached hydrogens (tertiary/aromatic N) is 3. The largest absolute Gasteiger partial charge is 0.271 e. The first-order chi connectivity index (χ1) is 8.90. The van der Waals surface area contributed by atoms with Gasteiger partial charge in [0.15, 0.2) is 0 Å². The highest BCUT2D eigenvalue weighted by Crippen LogP contribution is 2.28. The Balaban J connectivity index is 2.18. The van der Waals surface area contributed by atoms with Crippen LogP contribution >= 0.6 is 11.5 Å². The molecule has 1 unspecified atom stereocenters. The topological polar surface area (TPSA) is 76.7 Å². The number of pyridine rings is 1. The Kier molecular flexibility index (Phi) is 2.97. The number of nitrogens with two attached hydrogens (primary N) is 1. The van der Waals surface area contributed by atoms with Gasteiger partial charge in [-0.1, -0.05) is 22.7 Å². The number of hydrazine groups is 1. The molecular formula is C12H11N5S. The summed E-state index contributed by atoms with van der Waals surface area (Å²) in [6, 6.07) is 7.97. The summed E-state index contributed by atoms with van der Waals surface area (Å²) in [6.07, 6.45) is 5.36. The lowest BCUT2D eigenvalue weighted by atomic mass is 10.00. The zero-order chi connectivity index (χ0) is 12.4. The van der Waals surface area contributed by atoms with Crippen LogP contribution in [0.1, 0.15) is 16.5 Å². The average molecular weight is 257 g/mol. The van der Waals surface area contributed by atoms with Crippen LogP contribution < -0.4 is 11.3 Å². The summed E-state index contributed by atoms with van der Waals surface area (Å²) in [5, 5.41) is 6.07. The van der Waals surface area contributed by atoms with Crippen LogP contribution in [0.15, 0.2) is 42.9 Å². The Morgan fingerprint density at radius 3 is 2.94 bits per heavy atom. The third-order valence-electron chi connectivity index (χ3n) is 2.86. The van der Waals surface area contributed by atoms with E-state index < -0.39 is 0 Å². The van der Waals surface area contributed by atoms with Gasteiger partial charge in [0.05, 0.1) is 17.1 Å². The summed E-state index contributed by atoms with van der Waals surface area (Å²) >= 11 is 1.33. The monoisotopic (exact) mass is 257 g/mol. The maximum absolute atomic E-state index is 5.67. The average Bonchev–Trinajstić information content (AvgIpc) is 2.94. The van der Waals surface area contributed by atoms with Gasteiger partial charge in [0.2, 0.25) is 0 Å². The molecule has 18 heavy (non-hydrogen) atoms. The van der Waals surface area contributed by atoms with Gasteiger partial charge in [-0.25, -0.2) is 5.43 Å². The van der Waals surface area contributed by atoms with E-state index in [1.54, 1.807) is 12.4 Å². The molecule has 0 aliphatic heterocycles. The van der Waals surface area contributed by atoms with Crippen LogP contribution in [-0.4, -0.2) is 14.6 Å². The summed E-state index contributed by atoms with van der Waals surface area (Å²) in [5.74, 6) is 5.67. The van der Waals surface area contributed by atoms with Crippen molar-refractivity contribution in [2.75, 3.05) is 0 Å². The van der Waals surface area contributed by atoms with Crippen LogP contribution in [0.4, 0.5) is 0 Å². The van der Waals surface area contributed by atoms with Gasteiger partial charge in [-0.2, -0.15) is 0 Å². The molecule has 1 atom stereocenters. The number of hydrogen-bond donors (Lipinski definition) is 2. The fourth-order valence-corrected chi connectivity index (χ4v) is 2.60. The molecule has 5 nitrogen and oxygen atoms in total. The number of benzene rings is 1. The van der Waals surface area contributed by atoms with Gasteiger partial charge in [0, 0.05) is 17.8 Å². The lowest BCUT2D eigenvalue weighted by Crippen LogP contribution is -2.28. The standard InChI is InChI=1S/C12H11N5S/c13-16-12(11-7-15-17-18-11)9-3-1-2-8-4-5-14-6-10(8)9/h1-7,12,16H,13H2. The van der Waals surface area contributed by atoms with E-state index in [-0.39, 0.29) is 6.04 Å². The molecule has 3 rings (SSSR count). The zero-order valence-electron chi connectivity index (χ0n) is 9.45. The minimum absolute atomic E-state index is 0.113. The van der Waals surface area contributed by atoms with Gasteiger partial charge in [-0.3, -0.25) is 10.8 Å². The molecule has 90 valence electrons. The zero-order valence-corrected chi connectivity index (χ0v) is 10.3. The molecule has 1 aromatic carbocycles. The van der Waals surface area contributed by atoms with E-state index >= 15 is 0 Å². The molecule has 0 spiro atoms. The van der Waals surface area contributed by atoms with Crippen LogP contribution in [-0.2, 0) is 0 Å². The minimum atomic E-state index is -0.113.